The number of anilines is 1. The summed E-state index contributed by atoms with van der Waals surface area (Å²) >= 11 is 5.99. The van der Waals surface area contributed by atoms with Crippen LogP contribution < -0.4 is 9.64 Å². The van der Waals surface area contributed by atoms with Gasteiger partial charge in [0.1, 0.15) is 11.6 Å². The van der Waals surface area contributed by atoms with Crippen molar-refractivity contribution in [1.29, 1.82) is 10.8 Å². The van der Waals surface area contributed by atoms with Crippen LogP contribution in [0.3, 0.4) is 0 Å². The number of aliphatic hydroxyl groups excluding tert-OH is 1. The minimum Gasteiger partial charge on any atom is -0.497 e. The van der Waals surface area contributed by atoms with Gasteiger partial charge in [-0.1, -0.05) is 41.9 Å². The quantitative estimate of drug-likeness (QED) is 0.229. The molecule has 0 aliphatic carbocycles. The zero-order valence-corrected chi connectivity index (χ0v) is 22.1. The van der Waals surface area contributed by atoms with Gasteiger partial charge in [0.25, 0.3) is 0 Å². The maximum Gasteiger partial charge on any atom is 0.210 e. The SMILES string of the molecule is CCN1/C(=C\C=N)C(C)(Cc2cccc(Cl)c2F)c2cc(OC)ccc21.N=C(O)c1ccccc1.[Co]. The van der Waals surface area contributed by atoms with Crippen molar-refractivity contribution in [2.45, 2.75) is 25.7 Å². The third-order valence-corrected chi connectivity index (χ3v) is 6.42. The first-order chi connectivity index (χ1) is 16.8. The fourth-order valence-corrected chi connectivity index (χ4v) is 4.62. The molecular weight excluding hydrogens is 524 g/mol. The van der Waals surface area contributed by atoms with Gasteiger partial charge in [0.15, 0.2) is 0 Å². The summed E-state index contributed by atoms with van der Waals surface area (Å²) in [7, 11) is 1.64. The molecule has 5 nitrogen and oxygen atoms in total. The number of halogens is 2. The molecule has 1 aliphatic rings. The van der Waals surface area contributed by atoms with Crippen LogP contribution in [0.2, 0.25) is 5.02 Å². The van der Waals surface area contributed by atoms with Crippen molar-refractivity contribution >= 4 is 29.4 Å². The molecule has 0 saturated carbocycles. The summed E-state index contributed by atoms with van der Waals surface area (Å²) in [5.41, 5.74) is 3.71. The molecule has 3 aromatic rings. The number of aliphatic hydroxyl groups is 1. The summed E-state index contributed by atoms with van der Waals surface area (Å²) in [4.78, 5) is 2.17. The predicted octanol–water partition coefficient (Wildman–Crippen LogP) is 6.93. The Morgan fingerprint density at radius 2 is 1.83 bits per heavy atom. The van der Waals surface area contributed by atoms with E-state index in [4.69, 9.17) is 32.3 Å². The topological polar surface area (TPSA) is 80.4 Å². The van der Waals surface area contributed by atoms with Crippen LogP contribution in [-0.2, 0) is 28.6 Å². The van der Waals surface area contributed by atoms with Gasteiger partial charge in [-0.25, -0.2) is 4.39 Å². The minimum atomic E-state index is -0.497. The third kappa shape index (κ3) is 5.98. The molecular formula is C28H29ClCoFN3O2. The molecule has 0 saturated heterocycles. The van der Waals surface area contributed by atoms with Crippen LogP contribution >= 0.6 is 11.6 Å². The van der Waals surface area contributed by atoms with Crippen molar-refractivity contribution in [3.05, 3.63) is 106 Å². The van der Waals surface area contributed by atoms with Gasteiger partial charge in [0.05, 0.1) is 12.1 Å². The number of likely N-dealkylation sites (N-methyl/N-ethyl adjacent to an activating group) is 1. The fourth-order valence-electron chi connectivity index (χ4n) is 4.43. The summed E-state index contributed by atoms with van der Waals surface area (Å²) in [5.74, 6) is -0.00622. The van der Waals surface area contributed by atoms with Crippen LogP contribution in [0.1, 0.15) is 30.5 Å². The first-order valence-electron chi connectivity index (χ1n) is 11.2. The zero-order valence-electron chi connectivity index (χ0n) is 20.3. The molecule has 1 unspecified atom stereocenters. The van der Waals surface area contributed by atoms with Gasteiger partial charge >= 0.3 is 0 Å². The number of hydrogen-bond acceptors (Lipinski definition) is 4. The standard InChI is InChI=1S/C21H22ClFN2O.C7H7NO.Co/c1-4-25-18-9-8-15(26-3)12-16(18)21(2,19(25)10-11-24)13-14-6-5-7-17(22)20(14)23;8-7(9)6-4-2-1-3-5-6;/h5-12,24H,4,13H2,1-3H3;1-5H,(H2,8,9);/b19-10-,24-11?;;. The molecule has 3 aromatic carbocycles. The number of hydrogen-bond donors (Lipinski definition) is 3. The van der Waals surface area contributed by atoms with Crippen molar-refractivity contribution in [1.82, 2.24) is 0 Å². The van der Waals surface area contributed by atoms with Crippen molar-refractivity contribution in [3.8, 4) is 5.75 Å². The van der Waals surface area contributed by atoms with E-state index in [0.29, 0.717) is 17.5 Å². The van der Waals surface area contributed by atoms with Crippen molar-refractivity contribution in [2.24, 2.45) is 0 Å². The van der Waals surface area contributed by atoms with Crippen molar-refractivity contribution in [2.75, 3.05) is 18.6 Å². The number of benzene rings is 3. The Labute approximate surface area is 226 Å². The van der Waals surface area contributed by atoms with Crippen LogP contribution in [0.25, 0.3) is 0 Å². The van der Waals surface area contributed by atoms with Crippen LogP contribution in [0.4, 0.5) is 10.1 Å². The molecule has 4 rings (SSSR count). The molecule has 0 fully saturated rings. The third-order valence-electron chi connectivity index (χ3n) is 6.13. The Kier molecular flexibility index (Phi) is 10.3. The number of nitrogens with zero attached hydrogens (tertiary/aromatic N) is 1. The van der Waals surface area contributed by atoms with Gasteiger partial charge in [-0.3, -0.25) is 5.41 Å². The smallest absolute Gasteiger partial charge is 0.210 e. The molecule has 0 spiro atoms. The molecule has 1 atom stereocenters. The van der Waals surface area contributed by atoms with E-state index in [-0.39, 0.29) is 33.5 Å². The van der Waals surface area contributed by atoms with Crippen LogP contribution in [-0.4, -0.2) is 30.9 Å². The average molecular weight is 553 g/mol. The molecule has 36 heavy (non-hydrogen) atoms. The monoisotopic (exact) mass is 552 g/mol. The number of fused-ring (bicyclic) bond motifs is 1. The van der Waals surface area contributed by atoms with Crippen molar-refractivity contribution < 1.29 is 31.0 Å². The summed E-state index contributed by atoms with van der Waals surface area (Å²) in [5, 5.41) is 23.1. The normalized spacial score (nSPS) is 16.9. The Morgan fingerprint density at radius 1 is 1.14 bits per heavy atom. The Bertz CT molecular complexity index is 1250. The minimum absolute atomic E-state index is 0. The van der Waals surface area contributed by atoms with E-state index in [9.17, 15) is 4.39 Å². The van der Waals surface area contributed by atoms with Gasteiger partial charge in [0, 0.05) is 51.9 Å². The molecule has 3 N–H and O–H groups in total. The summed E-state index contributed by atoms with van der Waals surface area (Å²) in [6.07, 6.45) is 3.52. The molecule has 1 aliphatic heterocycles. The number of allylic oxidation sites excluding steroid dienone is 2. The van der Waals surface area contributed by atoms with Gasteiger partial charge in [-0.2, -0.15) is 0 Å². The second-order valence-corrected chi connectivity index (χ2v) is 8.69. The van der Waals surface area contributed by atoms with E-state index < -0.39 is 5.41 Å². The van der Waals surface area contributed by atoms with E-state index in [1.165, 1.54) is 6.21 Å². The molecule has 0 bridgehead atoms. The second kappa shape index (κ2) is 12.7. The number of methoxy groups -OCH3 is 1. The molecule has 0 amide bonds. The summed E-state index contributed by atoms with van der Waals surface area (Å²) in [6, 6.07) is 19.8. The fraction of sp³-hybridized carbons (Fsp3) is 0.214. The van der Waals surface area contributed by atoms with Gasteiger partial charge < -0.3 is 20.2 Å². The van der Waals surface area contributed by atoms with Crippen molar-refractivity contribution in [3.63, 3.8) is 0 Å². The molecule has 8 heteroatoms. The first-order valence-corrected chi connectivity index (χ1v) is 11.6. The van der Waals surface area contributed by atoms with Gasteiger partial charge in [-0.15, -0.1) is 0 Å². The van der Waals surface area contributed by atoms with Crippen LogP contribution in [0, 0.1) is 16.6 Å². The maximum atomic E-state index is 14.6. The first kappa shape index (κ1) is 29.1. The van der Waals surface area contributed by atoms with Gasteiger partial charge in [0.2, 0.25) is 5.90 Å². The molecule has 0 aromatic heterocycles. The zero-order chi connectivity index (χ0) is 25.6. The maximum absolute atomic E-state index is 14.6. The number of ether oxygens (including phenoxy) is 1. The molecule has 1 radical (unpaired) electrons. The second-order valence-electron chi connectivity index (χ2n) is 8.28. The average Bonchev–Trinajstić information content (AvgIpc) is 3.10. The Hall–Kier alpha value is -3.13. The van der Waals surface area contributed by atoms with Crippen LogP contribution in [0.15, 0.2) is 78.5 Å². The van der Waals surface area contributed by atoms with E-state index in [1.54, 1.807) is 55.7 Å². The van der Waals surface area contributed by atoms with E-state index in [2.05, 4.69) is 18.7 Å². The van der Waals surface area contributed by atoms with Crippen LogP contribution in [0.5, 0.6) is 5.75 Å². The molecule has 191 valence electrons. The van der Waals surface area contributed by atoms with E-state index in [0.717, 1.165) is 29.2 Å². The largest absolute Gasteiger partial charge is 0.497 e. The summed E-state index contributed by atoms with van der Waals surface area (Å²) in [6.45, 7) is 4.90. The molecule has 1 heterocycles. The van der Waals surface area contributed by atoms with Gasteiger partial charge in [-0.05, 0) is 73.9 Å². The summed E-state index contributed by atoms with van der Waals surface area (Å²) < 4.78 is 20.0. The van der Waals surface area contributed by atoms with E-state index in [1.807, 2.05) is 24.3 Å². The Balaban J connectivity index is 0.000000386. The number of nitrogens with one attached hydrogen (secondary N) is 2. The Morgan fingerprint density at radius 3 is 2.39 bits per heavy atom. The number of rotatable bonds is 6. The van der Waals surface area contributed by atoms with E-state index >= 15 is 0 Å². The predicted molar refractivity (Wildman–Crippen MR) is 141 cm³/mol.